The summed E-state index contributed by atoms with van der Waals surface area (Å²) in [5, 5.41) is 2.18. The van der Waals surface area contributed by atoms with Gasteiger partial charge in [-0.25, -0.2) is 13.2 Å². The lowest BCUT2D eigenvalue weighted by atomic mass is 10.1. The van der Waals surface area contributed by atoms with Crippen LogP contribution >= 0.6 is 0 Å². The van der Waals surface area contributed by atoms with E-state index in [4.69, 9.17) is 0 Å². The van der Waals surface area contributed by atoms with Crippen LogP contribution in [0.1, 0.15) is 36.2 Å². The molecule has 0 saturated heterocycles. The number of halogens is 3. The fourth-order valence-electron chi connectivity index (χ4n) is 2.57. The molecule has 0 heterocycles. The highest BCUT2D eigenvalue weighted by molar-refractivity contribution is 5.99. The second-order valence-corrected chi connectivity index (χ2v) is 6.05. The molecule has 0 fully saturated rings. The number of anilines is 1. The van der Waals surface area contributed by atoms with Gasteiger partial charge in [-0.1, -0.05) is 26.0 Å². The monoisotopic (exact) mass is 378 g/mol. The molecule has 0 saturated carbocycles. The Morgan fingerprint density at radius 1 is 0.963 bits per heavy atom. The maximum absolute atomic E-state index is 13.7. The van der Waals surface area contributed by atoms with E-state index in [0.29, 0.717) is 18.5 Å². The van der Waals surface area contributed by atoms with Gasteiger partial charge in [0.05, 0.1) is 5.69 Å². The molecule has 2 aromatic rings. The summed E-state index contributed by atoms with van der Waals surface area (Å²) in [5.74, 6) is -5.52. The van der Waals surface area contributed by atoms with Crippen molar-refractivity contribution >= 4 is 17.5 Å². The molecule has 0 aromatic heterocycles. The lowest BCUT2D eigenvalue weighted by molar-refractivity contribution is -0.116. The van der Waals surface area contributed by atoms with Gasteiger partial charge in [-0.15, -0.1) is 0 Å². The molecule has 4 nitrogen and oxygen atoms in total. The van der Waals surface area contributed by atoms with E-state index in [9.17, 15) is 22.8 Å². The number of rotatable bonds is 7. The molecule has 0 aliphatic heterocycles. The van der Waals surface area contributed by atoms with Crippen LogP contribution in [0, 0.1) is 17.5 Å². The Bertz CT molecular complexity index is 823. The van der Waals surface area contributed by atoms with Crippen molar-refractivity contribution in [3.8, 4) is 0 Å². The zero-order chi connectivity index (χ0) is 20.0. The highest BCUT2D eigenvalue weighted by atomic mass is 19.2. The first-order chi connectivity index (χ1) is 12.9. The van der Waals surface area contributed by atoms with Crippen LogP contribution in [0.5, 0.6) is 0 Å². The van der Waals surface area contributed by atoms with E-state index in [-0.39, 0.29) is 12.5 Å². The summed E-state index contributed by atoms with van der Waals surface area (Å²) in [6.45, 7) is 3.85. The maximum atomic E-state index is 13.7. The molecule has 0 aliphatic rings. The number of carbonyl (C=O) groups is 2. The summed E-state index contributed by atoms with van der Waals surface area (Å²) in [6.07, 6.45) is 1.46. The summed E-state index contributed by atoms with van der Waals surface area (Å²) in [6, 6.07) is 8.72. The molecule has 1 N–H and O–H groups in total. The minimum atomic E-state index is -1.66. The fraction of sp³-hybridized carbons (Fsp3) is 0.300. The summed E-state index contributed by atoms with van der Waals surface area (Å²) >= 11 is 0. The normalized spacial score (nSPS) is 10.6. The molecular weight excluding hydrogens is 357 g/mol. The van der Waals surface area contributed by atoms with E-state index >= 15 is 0 Å². The number of hydrogen-bond donors (Lipinski definition) is 1. The number of benzene rings is 2. The molecular formula is C20H21F3N2O2. The number of nitrogens with one attached hydrogen (secondary N) is 1. The van der Waals surface area contributed by atoms with Crippen LogP contribution in [0.25, 0.3) is 0 Å². The van der Waals surface area contributed by atoms with Crippen molar-refractivity contribution in [2.45, 2.75) is 26.7 Å². The first-order valence-electron chi connectivity index (χ1n) is 8.68. The van der Waals surface area contributed by atoms with Gasteiger partial charge in [-0.2, -0.15) is 0 Å². The predicted molar refractivity (Wildman–Crippen MR) is 97.0 cm³/mol. The average molecular weight is 378 g/mol. The van der Waals surface area contributed by atoms with Crippen molar-refractivity contribution < 1.29 is 22.8 Å². The molecule has 0 atom stereocenters. The van der Waals surface area contributed by atoms with Gasteiger partial charge < -0.3 is 10.2 Å². The van der Waals surface area contributed by atoms with Gasteiger partial charge >= 0.3 is 0 Å². The lowest BCUT2D eigenvalue weighted by Crippen LogP contribution is -2.38. The third kappa shape index (κ3) is 5.09. The van der Waals surface area contributed by atoms with Crippen LogP contribution in [-0.2, 0) is 11.2 Å². The van der Waals surface area contributed by atoms with Gasteiger partial charge in [0.15, 0.2) is 17.5 Å². The standard InChI is InChI=1S/C20H21F3N2O2/c1-3-11-25(20(27)14-7-5-13(4-2)6-8-14)12-17(26)24-16-10-9-15(21)18(22)19(16)23/h5-10H,3-4,11-12H2,1-2H3,(H,24,26). The quantitative estimate of drug-likeness (QED) is 0.736. The minimum Gasteiger partial charge on any atom is -0.329 e. The number of aryl methyl sites for hydroxylation is 1. The number of amides is 2. The second kappa shape index (κ2) is 9.21. The SMILES string of the molecule is CCCN(CC(=O)Nc1ccc(F)c(F)c1F)C(=O)c1ccc(CC)cc1. The Hall–Kier alpha value is -2.83. The first kappa shape index (κ1) is 20.5. The van der Waals surface area contributed by atoms with E-state index in [1.165, 1.54) is 4.90 Å². The molecule has 144 valence electrons. The zero-order valence-electron chi connectivity index (χ0n) is 15.2. The molecule has 0 unspecified atom stereocenters. The van der Waals surface area contributed by atoms with Crippen molar-refractivity contribution in [1.82, 2.24) is 4.90 Å². The van der Waals surface area contributed by atoms with E-state index in [0.717, 1.165) is 24.1 Å². The second-order valence-electron chi connectivity index (χ2n) is 6.05. The van der Waals surface area contributed by atoms with Gasteiger partial charge in [0.2, 0.25) is 5.91 Å². The average Bonchev–Trinajstić information content (AvgIpc) is 2.67. The lowest BCUT2D eigenvalue weighted by Gasteiger charge is -2.22. The maximum Gasteiger partial charge on any atom is 0.254 e. The summed E-state index contributed by atoms with van der Waals surface area (Å²) < 4.78 is 39.9. The van der Waals surface area contributed by atoms with Crippen LogP contribution in [0.2, 0.25) is 0 Å². The van der Waals surface area contributed by atoms with Gasteiger partial charge in [0.25, 0.3) is 5.91 Å². The fourth-order valence-corrected chi connectivity index (χ4v) is 2.57. The Morgan fingerprint density at radius 3 is 2.22 bits per heavy atom. The Morgan fingerprint density at radius 2 is 1.63 bits per heavy atom. The van der Waals surface area contributed by atoms with Gasteiger partial charge in [0.1, 0.15) is 6.54 Å². The molecule has 0 aliphatic carbocycles. The van der Waals surface area contributed by atoms with Gasteiger partial charge in [-0.3, -0.25) is 9.59 Å². The molecule has 7 heteroatoms. The summed E-state index contributed by atoms with van der Waals surface area (Å²) in [4.78, 5) is 26.2. The Labute approximate surface area is 156 Å². The summed E-state index contributed by atoms with van der Waals surface area (Å²) in [7, 11) is 0. The minimum absolute atomic E-state index is 0.321. The van der Waals surface area contributed by atoms with E-state index in [1.54, 1.807) is 12.1 Å². The van der Waals surface area contributed by atoms with Crippen molar-refractivity contribution in [3.05, 3.63) is 65.0 Å². The highest BCUT2D eigenvalue weighted by Gasteiger charge is 2.20. The van der Waals surface area contributed by atoms with Crippen LogP contribution in [-0.4, -0.2) is 29.8 Å². The molecule has 2 amide bonds. The molecule has 2 aromatic carbocycles. The molecule has 2 rings (SSSR count). The van der Waals surface area contributed by atoms with Gasteiger partial charge in [0, 0.05) is 12.1 Å². The number of nitrogens with zero attached hydrogens (tertiary/aromatic N) is 1. The van der Waals surface area contributed by atoms with Crippen LogP contribution in [0.15, 0.2) is 36.4 Å². The molecule has 27 heavy (non-hydrogen) atoms. The van der Waals surface area contributed by atoms with Crippen molar-refractivity contribution in [2.75, 3.05) is 18.4 Å². The van der Waals surface area contributed by atoms with Gasteiger partial charge in [-0.05, 0) is 42.7 Å². The van der Waals surface area contributed by atoms with Crippen molar-refractivity contribution in [3.63, 3.8) is 0 Å². The van der Waals surface area contributed by atoms with Crippen molar-refractivity contribution in [2.24, 2.45) is 0 Å². The first-order valence-corrected chi connectivity index (χ1v) is 8.68. The van der Waals surface area contributed by atoms with E-state index < -0.39 is 29.0 Å². The summed E-state index contributed by atoms with van der Waals surface area (Å²) in [5.41, 5.74) is 1.04. The number of carbonyl (C=O) groups excluding carboxylic acids is 2. The Balaban J connectivity index is 2.11. The molecule has 0 spiro atoms. The van der Waals surface area contributed by atoms with Crippen LogP contribution in [0.4, 0.5) is 18.9 Å². The molecule has 0 radical (unpaired) electrons. The van der Waals surface area contributed by atoms with Crippen LogP contribution in [0.3, 0.4) is 0 Å². The van der Waals surface area contributed by atoms with E-state index in [1.807, 2.05) is 26.0 Å². The third-order valence-electron chi connectivity index (χ3n) is 4.03. The zero-order valence-corrected chi connectivity index (χ0v) is 15.2. The van der Waals surface area contributed by atoms with Crippen molar-refractivity contribution in [1.29, 1.82) is 0 Å². The van der Waals surface area contributed by atoms with E-state index in [2.05, 4.69) is 5.32 Å². The third-order valence-corrected chi connectivity index (χ3v) is 4.03. The highest BCUT2D eigenvalue weighted by Crippen LogP contribution is 2.19. The predicted octanol–water partition coefficient (Wildman–Crippen LogP) is 4.16. The largest absolute Gasteiger partial charge is 0.329 e. The van der Waals surface area contributed by atoms with Crippen LogP contribution < -0.4 is 5.32 Å². The Kier molecular flexibility index (Phi) is 6.98. The topological polar surface area (TPSA) is 49.4 Å². The number of hydrogen-bond acceptors (Lipinski definition) is 2. The smallest absolute Gasteiger partial charge is 0.254 e. The molecule has 0 bridgehead atoms.